The number of amides is 3. The molecule has 2 aliphatic heterocycles. The molecule has 11 heteroatoms. The van der Waals surface area contributed by atoms with E-state index in [0.717, 1.165) is 51.1 Å². The van der Waals surface area contributed by atoms with Crippen LogP contribution in [-0.4, -0.2) is 76.2 Å². The largest absolute Gasteiger partial charge is 0.364 e. The van der Waals surface area contributed by atoms with Crippen molar-refractivity contribution in [3.05, 3.63) is 35.0 Å². The molecule has 3 aliphatic rings. The number of primary amides is 1. The number of fused-ring (bicyclic) bond motifs is 1. The van der Waals surface area contributed by atoms with Crippen molar-refractivity contribution in [2.45, 2.75) is 38.8 Å². The molecule has 186 valence electrons. The number of benzene rings is 1. The van der Waals surface area contributed by atoms with E-state index >= 15 is 0 Å². The molecule has 35 heavy (non-hydrogen) atoms. The lowest BCUT2D eigenvalue weighted by Crippen LogP contribution is -2.40. The van der Waals surface area contributed by atoms with Crippen LogP contribution in [0.15, 0.2) is 18.2 Å². The summed E-state index contributed by atoms with van der Waals surface area (Å²) in [5.41, 5.74) is 8.89. The summed E-state index contributed by atoms with van der Waals surface area (Å²) in [5.74, 6) is 0.762. The number of hydrogen-bond donors (Lipinski definition) is 4. The number of nitrogens with two attached hydrogens (primary N) is 1. The third-order valence-corrected chi connectivity index (χ3v) is 7.41. The lowest BCUT2D eigenvalue weighted by Gasteiger charge is -2.27. The molecule has 1 aliphatic carbocycles. The molecular formula is C24H33N9O2. The zero-order valence-electron chi connectivity index (χ0n) is 20.3. The molecule has 1 saturated heterocycles. The fraction of sp³-hybridized carbons (Fsp3) is 0.542. The second-order valence-electron chi connectivity index (χ2n) is 9.89. The highest BCUT2D eigenvalue weighted by atomic mass is 16.2. The van der Waals surface area contributed by atoms with E-state index in [1.54, 1.807) is 4.90 Å². The van der Waals surface area contributed by atoms with Crippen molar-refractivity contribution in [2.24, 2.45) is 17.6 Å². The zero-order chi connectivity index (χ0) is 24.5. The van der Waals surface area contributed by atoms with Crippen molar-refractivity contribution in [1.82, 2.24) is 30.3 Å². The quantitative estimate of drug-likeness (QED) is 0.469. The Balaban J connectivity index is 1.26. The summed E-state index contributed by atoms with van der Waals surface area (Å²) in [6, 6.07) is 6.49. The highest BCUT2D eigenvalue weighted by Gasteiger charge is 2.40. The molecule has 1 saturated carbocycles. The molecule has 1 aromatic carbocycles. The number of rotatable bonds is 7. The van der Waals surface area contributed by atoms with Gasteiger partial charge in [0.15, 0.2) is 11.5 Å². The van der Waals surface area contributed by atoms with Gasteiger partial charge in [0.1, 0.15) is 0 Å². The van der Waals surface area contributed by atoms with Crippen LogP contribution in [0.5, 0.6) is 0 Å². The van der Waals surface area contributed by atoms with Crippen molar-refractivity contribution in [1.29, 1.82) is 0 Å². The summed E-state index contributed by atoms with van der Waals surface area (Å²) in [6.07, 6.45) is 2.91. The minimum absolute atomic E-state index is 0.00107. The monoisotopic (exact) mass is 479 g/mol. The molecule has 5 rings (SSSR count). The first-order valence-corrected chi connectivity index (χ1v) is 12.3. The maximum atomic E-state index is 12.4. The summed E-state index contributed by atoms with van der Waals surface area (Å²) in [7, 11) is 1.86. The van der Waals surface area contributed by atoms with E-state index < -0.39 is 5.91 Å². The van der Waals surface area contributed by atoms with Gasteiger partial charge in [0.2, 0.25) is 5.95 Å². The molecular weight excluding hydrogens is 446 g/mol. The molecule has 1 aromatic heterocycles. The first-order valence-electron chi connectivity index (χ1n) is 12.3. The van der Waals surface area contributed by atoms with E-state index in [1.165, 1.54) is 11.1 Å². The predicted molar refractivity (Wildman–Crippen MR) is 132 cm³/mol. The van der Waals surface area contributed by atoms with Crippen LogP contribution in [0.4, 0.5) is 22.2 Å². The van der Waals surface area contributed by atoms with Crippen molar-refractivity contribution in [3.8, 4) is 0 Å². The highest BCUT2D eigenvalue weighted by Crippen LogP contribution is 2.36. The number of carbonyl (C=O) groups is 2. The highest BCUT2D eigenvalue weighted by molar-refractivity contribution is 5.96. The topological polar surface area (TPSA) is 141 Å². The van der Waals surface area contributed by atoms with Crippen molar-refractivity contribution >= 4 is 29.4 Å². The lowest BCUT2D eigenvalue weighted by molar-refractivity contribution is 0.0995. The molecule has 2 aromatic rings. The predicted octanol–water partition coefficient (Wildman–Crippen LogP) is 1.55. The van der Waals surface area contributed by atoms with Gasteiger partial charge in [-0.2, -0.15) is 4.98 Å². The van der Waals surface area contributed by atoms with Crippen LogP contribution in [0.25, 0.3) is 0 Å². The maximum absolute atomic E-state index is 12.4. The number of urea groups is 1. The maximum Gasteiger partial charge on any atom is 0.320 e. The minimum Gasteiger partial charge on any atom is -0.364 e. The van der Waals surface area contributed by atoms with Crippen LogP contribution in [-0.2, 0) is 13.0 Å². The normalized spacial score (nSPS) is 23.9. The van der Waals surface area contributed by atoms with Crippen molar-refractivity contribution < 1.29 is 9.59 Å². The van der Waals surface area contributed by atoms with Gasteiger partial charge in [0, 0.05) is 45.0 Å². The third kappa shape index (κ3) is 4.86. The second kappa shape index (κ2) is 9.65. The number of nitrogens with zero attached hydrogens (tertiary/aromatic N) is 5. The SMILES string of the molecule is CC1CC(CNc2nnc(C(N)=O)c(Nc3ccc4c(c3)CCNC4)n2)CC1N1CCN(C)C1=O. The van der Waals surface area contributed by atoms with E-state index in [2.05, 4.69) is 50.2 Å². The Hall–Kier alpha value is -3.47. The molecule has 0 spiro atoms. The lowest BCUT2D eigenvalue weighted by atomic mass is 10.0. The zero-order valence-corrected chi connectivity index (χ0v) is 20.3. The van der Waals surface area contributed by atoms with Crippen LogP contribution in [0.1, 0.15) is 41.4 Å². The number of hydrogen-bond acceptors (Lipinski definition) is 8. The first-order chi connectivity index (χ1) is 16.9. The minimum atomic E-state index is -0.686. The van der Waals surface area contributed by atoms with Gasteiger partial charge >= 0.3 is 6.03 Å². The van der Waals surface area contributed by atoms with Gasteiger partial charge in [-0.1, -0.05) is 13.0 Å². The van der Waals surface area contributed by atoms with Gasteiger partial charge in [-0.3, -0.25) is 4.79 Å². The molecule has 3 amide bonds. The number of likely N-dealkylation sites (N-methyl/N-ethyl adjacent to an activating group) is 1. The average Bonchev–Trinajstić information content (AvgIpc) is 3.38. The number of nitrogens with one attached hydrogen (secondary N) is 3. The van der Waals surface area contributed by atoms with Crippen LogP contribution in [0.3, 0.4) is 0 Å². The van der Waals surface area contributed by atoms with Gasteiger partial charge in [-0.15, -0.1) is 10.2 Å². The van der Waals surface area contributed by atoms with Gasteiger partial charge < -0.3 is 31.5 Å². The van der Waals surface area contributed by atoms with E-state index in [1.807, 2.05) is 18.0 Å². The summed E-state index contributed by atoms with van der Waals surface area (Å²) in [4.78, 5) is 32.7. The van der Waals surface area contributed by atoms with Crippen molar-refractivity contribution in [3.63, 3.8) is 0 Å². The van der Waals surface area contributed by atoms with E-state index in [4.69, 9.17) is 5.73 Å². The number of carbonyl (C=O) groups excluding carboxylic acids is 2. The van der Waals surface area contributed by atoms with Crippen molar-refractivity contribution in [2.75, 3.05) is 43.9 Å². The molecule has 0 bridgehead atoms. The number of aromatic nitrogens is 3. The number of anilines is 3. The fourth-order valence-electron chi connectivity index (χ4n) is 5.51. The Bertz CT molecular complexity index is 1120. The van der Waals surface area contributed by atoms with E-state index in [0.29, 0.717) is 24.3 Å². The summed E-state index contributed by atoms with van der Waals surface area (Å²) in [6.45, 7) is 6.26. The van der Waals surface area contributed by atoms with Crippen LogP contribution in [0.2, 0.25) is 0 Å². The summed E-state index contributed by atoms with van der Waals surface area (Å²) < 4.78 is 0. The average molecular weight is 480 g/mol. The van der Waals surface area contributed by atoms with Gasteiger partial charge in [-0.05, 0) is 60.9 Å². The molecule has 3 unspecified atom stereocenters. The Morgan fingerprint density at radius 3 is 2.86 bits per heavy atom. The Morgan fingerprint density at radius 1 is 1.23 bits per heavy atom. The first kappa shape index (κ1) is 23.3. The Morgan fingerprint density at radius 2 is 2.09 bits per heavy atom. The van der Waals surface area contributed by atoms with Gasteiger partial charge in [0.05, 0.1) is 0 Å². The molecule has 3 atom stereocenters. The molecule has 2 fully saturated rings. The third-order valence-electron chi connectivity index (χ3n) is 7.41. The molecule has 11 nitrogen and oxygen atoms in total. The summed E-state index contributed by atoms with van der Waals surface area (Å²) in [5, 5.41) is 18.0. The Kier molecular flexibility index (Phi) is 6.42. The molecule has 0 radical (unpaired) electrons. The summed E-state index contributed by atoms with van der Waals surface area (Å²) >= 11 is 0. The fourth-order valence-corrected chi connectivity index (χ4v) is 5.51. The van der Waals surface area contributed by atoms with E-state index in [-0.39, 0.29) is 23.6 Å². The Labute approximate surface area is 204 Å². The second-order valence-corrected chi connectivity index (χ2v) is 9.89. The standard InChI is InChI=1S/C24H33N9O2/c1-14-9-15(10-19(14)33-8-7-32(2)24(33)35)12-27-23-29-22(20(21(25)34)30-31-23)28-18-4-3-17-13-26-6-5-16(17)11-18/h3-4,11,14-15,19,26H,5-10,12-13H2,1-2H3,(H2,25,34)(H2,27,28,29,31). The van der Waals surface area contributed by atoms with Crippen LogP contribution in [0, 0.1) is 11.8 Å². The van der Waals surface area contributed by atoms with Crippen LogP contribution >= 0.6 is 0 Å². The van der Waals surface area contributed by atoms with E-state index in [9.17, 15) is 9.59 Å². The molecule has 5 N–H and O–H groups in total. The molecule has 3 heterocycles. The smallest absolute Gasteiger partial charge is 0.320 e. The van der Waals surface area contributed by atoms with Crippen LogP contribution < -0.4 is 21.7 Å². The van der Waals surface area contributed by atoms with Gasteiger partial charge in [0.25, 0.3) is 5.91 Å². The van der Waals surface area contributed by atoms with Gasteiger partial charge in [-0.25, -0.2) is 4.79 Å².